The van der Waals surface area contributed by atoms with Crippen molar-refractivity contribution in [3.05, 3.63) is 0 Å². The van der Waals surface area contributed by atoms with Crippen LogP contribution in [0.2, 0.25) is 0 Å². The Morgan fingerprint density at radius 3 is 2.00 bits per heavy atom. The molecule has 0 rings (SSSR count). The van der Waals surface area contributed by atoms with Gasteiger partial charge in [-0.2, -0.15) is 4.21 Å². The summed E-state index contributed by atoms with van der Waals surface area (Å²) in [5.41, 5.74) is 0. The number of carboxylic acid groups (broad SMARTS) is 1. The second kappa shape index (κ2) is 14.5. The molecule has 0 heterocycles. The number of unbranched alkanes of at least 4 members (excludes halogenated alkanes) is 8. The van der Waals surface area contributed by atoms with E-state index in [1.807, 2.05) is 0 Å². The largest absolute Gasteiger partial charge is 0.481 e. The monoisotopic (exact) mass is 322 g/mol. The van der Waals surface area contributed by atoms with Crippen LogP contribution in [-0.2, 0) is 20.3 Å². The normalized spacial score (nSPS) is 14.0. The van der Waals surface area contributed by atoms with Crippen LogP contribution in [0.4, 0.5) is 0 Å². The molecule has 0 aromatic carbocycles. The summed E-state index contributed by atoms with van der Waals surface area (Å²) in [7, 11) is 0. The Balaban J connectivity index is 3.52. The van der Waals surface area contributed by atoms with Crippen molar-refractivity contribution in [1.29, 1.82) is 0 Å². The van der Waals surface area contributed by atoms with Crippen molar-refractivity contribution in [3.63, 3.8) is 0 Å². The summed E-state index contributed by atoms with van der Waals surface area (Å²) in [5.74, 6) is -1.32. The predicted molar refractivity (Wildman–Crippen MR) is 84.3 cm³/mol. The third kappa shape index (κ3) is 14.2. The SMILES string of the molecule is CCCCCCCCCCCC(CCOS(=O)O)C(=O)O. The van der Waals surface area contributed by atoms with Gasteiger partial charge in [-0.25, -0.2) is 0 Å². The summed E-state index contributed by atoms with van der Waals surface area (Å²) < 4.78 is 23.3. The van der Waals surface area contributed by atoms with Gasteiger partial charge in [-0.15, -0.1) is 0 Å². The fourth-order valence-electron chi connectivity index (χ4n) is 2.35. The highest BCUT2D eigenvalue weighted by molar-refractivity contribution is 7.74. The first-order valence-corrected chi connectivity index (χ1v) is 9.08. The van der Waals surface area contributed by atoms with Crippen LogP contribution in [0.25, 0.3) is 0 Å². The number of rotatable bonds is 15. The summed E-state index contributed by atoms with van der Waals surface area (Å²) in [6.45, 7) is 2.22. The second-order valence-electron chi connectivity index (χ2n) is 5.48. The highest BCUT2D eigenvalue weighted by Crippen LogP contribution is 2.16. The lowest BCUT2D eigenvalue weighted by Crippen LogP contribution is -2.16. The van der Waals surface area contributed by atoms with E-state index in [-0.39, 0.29) is 6.61 Å². The summed E-state index contributed by atoms with van der Waals surface area (Å²) in [5, 5.41) is 9.07. The van der Waals surface area contributed by atoms with Crippen LogP contribution in [-0.4, -0.2) is 26.4 Å². The Kier molecular flexibility index (Phi) is 14.2. The first-order valence-electron chi connectivity index (χ1n) is 8.04. The van der Waals surface area contributed by atoms with Crippen LogP contribution in [0.3, 0.4) is 0 Å². The zero-order valence-corrected chi connectivity index (χ0v) is 13.9. The molecule has 0 aromatic rings. The van der Waals surface area contributed by atoms with Gasteiger partial charge in [0.2, 0.25) is 0 Å². The van der Waals surface area contributed by atoms with E-state index in [4.69, 9.17) is 9.66 Å². The molecule has 2 atom stereocenters. The summed E-state index contributed by atoms with van der Waals surface area (Å²) in [6, 6.07) is 0. The molecule has 0 fully saturated rings. The zero-order valence-electron chi connectivity index (χ0n) is 13.1. The third-order valence-electron chi connectivity index (χ3n) is 3.66. The maximum atomic E-state index is 11.0. The molecule has 6 heteroatoms. The Morgan fingerprint density at radius 2 is 1.52 bits per heavy atom. The van der Waals surface area contributed by atoms with Gasteiger partial charge < -0.3 is 5.11 Å². The van der Waals surface area contributed by atoms with Crippen LogP contribution >= 0.6 is 0 Å². The molecule has 2 unspecified atom stereocenters. The molecule has 0 spiro atoms. The van der Waals surface area contributed by atoms with E-state index < -0.39 is 23.2 Å². The lowest BCUT2D eigenvalue weighted by molar-refractivity contribution is -0.142. The van der Waals surface area contributed by atoms with E-state index in [1.54, 1.807) is 0 Å². The molecule has 5 nitrogen and oxygen atoms in total. The molecule has 0 saturated carbocycles. The first kappa shape index (κ1) is 20.5. The van der Waals surface area contributed by atoms with Gasteiger partial charge in [0.05, 0.1) is 12.5 Å². The van der Waals surface area contributed by atoms with Crippen molar-refractivity contribution < 1.29 is 22.8 Å². The third-order valence-corrected chi connectivity index (χ3v) is 4.02. The molecular formula is C15H30O5S. The maximum absolute atomic E-state index is 11.0. The maximum Gasteiger partial charge on any atom is 0.306 e. The molecule has 0 radical (unpaired) electrons. The van der Waals surface area contributed by atoms with Crippen molar-refractivity contribution in [1.82, 2.24) is 0 Å². The first-order chi connectivity index (χ1) is 10.1. The van der Waals surface area contributed by atoms with E-state index in [0.29, 0.717) is 12.8 Å². The van der Waals surface area contributed by atoms with Crippen LogP contribution in [0, 0.1) is 5.92 Å². The molecule has 126 valence electrons. The zero-order chi connectivity index (χ0) is 15.9. The number of aliphatic carboxylic acids is 1. The van der Waals surface area contributed by atoms with Gasteiger partial charge in [-0.1, -0.05) is 64.7 Å². The molecule has 2 N–H and O–H groups in total. The highest BCUT2D eigenvalue weighted by atomic mass is 32.2. The topological polar surface area (TPSA) is 83.8 Å². The molecule has 0 amide bonds. The van der Waals surface area contributed by atoms with Crippen molar-refractivity contribution >= 4 is 17.3 Å². The number of hydrogen-bond acceptors (Lipinski definition) is 3. The average Bonchev–Trinajstić information content (AvgIpc) is 2.43. The molecule has 0 aliphatic rings. The van der Waals surface area contributed by atoms with E-state index in [0.717, 1.165) is 19.3 Å². The van der Waals surface area contributed by atoms with Crippen LogP contribution in [0.15, 0.2) is 0 Å². The lowest BCUT2D eigenvalue weighted by Gasteiger charge is -2.11. The summed E-state index contributed by atoms with van der Waals surface area (Å²) >= 11 is -2.30. The quantitative estimate of drug-likeness (QED) is 0.349. The standard InChI is InChI=1S/C15H30O5S/c1-2-3-4-5-6-7-8-9-10-11-14(15(16)17)12-13-20-21(18)19/h14H,2-13H2,1H3,(H,16,17)(H,18,19). The van der Waals surface area contributed by atoms with Gasteiger partial charge in [0.25, 0.3) is 0 Å². The van der Waals surface area contributed by atoms with E-state index in [1.165, 1.54) is 38.5 Å². The Hall–Kier alpha value is -0.460. The minimum absolute atomic E-state index is 0.0114. The fraction of sp³-hybridized carbons (Fsp3) is 0.933. The molecule has 0 aromatic heterocycles. The average molecular weight is 322 g/mol. The van der Waals surface area contributed by atoms with Crippen molar-refractivity contribution in [3.8, 4) is 0 Å². The smallest absolute Gasteiger partial charge is 0.306 e. The minimum atomic E-state index is -2.30. The summed E-state index contributed by atoms with van der Waals surface area (Å²) in [4.78, 5) is 11.0. The predicted octanol–water partition coefficient (Wildman–Crippen LogP) is 4.15. The number of carboxylic acids is 1. The number of hydrogen-bond donors (Lipinski definition) is 2. The van der Waals surface area contributed by atoms with Crippen LogP contribution < -0.4 is 0 Å². The van der Waals surface area contributed by atoms with Gasteiger partial charge in [0.15, 0.2) is 0 Å². The van der Waals surface area contributed by atoms with Gasteiger partial charge in [-0.3, -0.25) is 13.5 Å². The molecule has 21 heavy (non-hydrogen) atoms. The Morgan fingerprint density at radius 1 is 1.00 bits per heavy atom. The van der Waals surface area contributed by atoms with Crippen molar-refractivity contribution in [2.75, 3.05) is 6.61 Å². The number of carbonyl (C=O) groups is 1. The Labute approximate surface area is 131 Å². The summed E-state index contributed by atoms with van der Waals surface area (Å²) in [6.07, 6.45) is 11.8. The van der Waals surface area contributed by atoms with Crippen LogP contribution in [0.5, 0.6) is 0 Å². The van der Waals surface area contributed by atoms with Crippen molar-refractivity contribution in [2.24, 2.45) is 5.92 Å². The van der Waals surface area contributed by atoms with Crippen molar-refractivity contribution in [2.45, 2.75) is 77.6 Å². The van der Waals surface area contributed by atoms with Gasteiger partial charge in [0.1, 0.15) is 0 Å². The lowest BCUT2D eigenvalue weighted by atomic mass is 9.97. The van der Waals surface area contributed by atoms with E-state index in [2.05, 4.69) is 11.1 Å². The second-order valence-corrected chi connectivity index (χ2v) is 6.15. The molecule has 0 saturated heterocycles. The fourth-order valence-corrected chi connectivity index (χ4v) is 2.59. The molecule has 0 aliphatic heterocycles. The minimum Gasteiger partial charge on any atom is -0.481 e. The molecular weight excluding hydrogens is 292 g/mol. The highest BCUT2D eigenvalue weighted by Gasteiger charge is 2.17. The molecule has 0 aliphatic carbocycles. The Bertz CT molecular complexity index is 283. The van der Waals surface area contributed by atoms with Crippen LogP contribution in [0.1, 0.15) is 77.6 Å². The van der Waals surface area contributed by atoms with Gasteiger partial charge in [-0.05, 0) is 12.8 Å². The van der Waals surface area contributed by atoms with E-state index in [9.17, 15) is 9.00 Å². The molecule has 0 bridgehead atoms. The van der Waals surface area contributed by atoms with E-state index >= 15 is 0 Å². The van der Waals surface area contributed by atoms with Gasteiger partial charge in [0, 0.05) is 0 Å². The van der Waals surface area contributed by atoms with Gasteiger partial charge >= 0.3 is 17.3 Å².